The lowest BCUT2D eigenvalue weighted by Gasteiger charge is -1.86. The van der Waals surface area contributed by atoms with E-state index in [0.29, 0.717) is 0 Å². The molecule has 11 heavy (non-hydrogen) atoms. The second-order valence-electron chi connectivity index (χ2n) is 2.17. The Labute approximate surface area is 67.6 Å². The highest BCUT2D eigenvalue weighted by molar-refractivity contribution is 4.56. The second kappa shape index (κ2) is 9.17. The fourth-order valence-corrected chi connectivity index (χ4v) is 0.570. The Morgan fingerprint density at radius 1 is 1.45 bits per heavy atom. The summed E-state index contributed by atoms with van der Waals surface area (Å²) in [4.78, 5) is 3.56. The molecule has 0 atom stereocenters. The number of hydrogen-bond acceptors (Lipinski definition) is 3. The molecular formula is C8H16N2O. The molecule has 0 saturated heterocycles. The predicted molar refractivity (Wildman–Crippen MR) is 45.1 cm³/mol. The Hall–Kier alpha value is -0.830. The molecule has 3 nitrogen and oxygen atoms in total. The van der Waals surface area contributed by atoms with Crippen LogP contribution in [-0.4, -0.2) is 11.5 Å². The maximum Gasteiger partial charge on any atom is 0.180 e. The minimum Gasteiger partial charge on any atom is -0.452 e. The number of rotatable bonds is 3. The monoisotopic (exact) mass is 156 g/mol. The average Bonchev–Trinajstić information content (AvgIpc) is 2.57. The second-order valence-corrected chi connectivity index (χ2v) is 2.17. The van der Waals surface area contributed by atoms with Crippen molar-refractivity contribution in [1.82, 2.24) is 4.98 Å². The first kappa shape index (κ1) is 10.2. The fourth-order valence-electron chi connectivity index (χ4n) is 0.570. The molecule has 0 aliphatic carbocycles. The van der Waals surface area contributed by atoms with Gasteiger partial charge >= 0.3 is 0 Å². The molecule has 1 aromatic heterocycles. The summed E-state index contributed by atoms with van der Waals surface area (Å²) in [5.41, 5.74) is 5.21. The van der Waals surface area contributed by atoms with Gasteiger partial charge in [-0.3, -0.25) is 0 Å². The Morgan fingerprint density at radius 2 is 2.27 bits per heavy atom. The molecule has 0 radical (unpaired) electrons. The van der Waals surface area contributed by atoms with Gasteiger partial charge in [0.25, 0.3) is 0 Å². The molecular weight excluding hydrogens is 140 g/mol. The smallest absolute Gasteiger partial charge is 0.180 e. The first-order chi connectivity index (χ1) is 5.41. The van der Waals surface area contributed by atoms with Gasteiger partial charge in [0, 0.05) is 0 Å². The van der Waals surface area contributed by atoms with Crippen molar-refractivity contribution in [3.05, 3.63) is 18.9 Å². The summed E-state index contributed by atoms with van der Waals surface area (Å²) in [5.74, 6) is 0. The van der Waals surface area contributed by atoms with Crippen LogP contribution < -0.4 is 5.73 Å². The van der Waals surface area contributed by atoms with Gasteiger partial charge in [0.05, 0.1) is 6.20 Å². The van der Waals surface area contributed by atoms with Gasteiger partial charge in [-0.05, 0) is 13.0 Å². The maximum atomic E-state index is 5.21. The molecule has 0 aliphatic heterocycles. The van der Waals surface area contributed by atoms with Crippen molar-refractivity contribution in [2.45, 2.75) is 26.2 Å². The lowest BCUT2D eigenvalue weighted by atomic mass is 10.3. The van der Waals surface area contributed by atoms with Crippen molar-refractivity contribution in [2.75, 3.05) is 6.54 Å². The van der Waals surface area contributed by atoms with E-state index in [1.807, 2.05) is 0 Å². The van der Waals surface area contributed by atoms with E-state index in [1.54, 1.807) is 6.20 Å². The van der Waals surface area contributed by atoms with E-state index < -0.39 is 0 Å². The summed E-state index contributed by atoms with van der Waals surface area (Å²) in [6.45, 7) is 3.03. The molecule has 1 rings (SSSR count). The average molecular weight is 156 g/mol. The van der Waals surface area contributed by atoms with Crippen molar-refractivity contribution in [1.29, 1.82) is 0 Å². The minimum absolute atomic E-state index is 0.855. The van der Waals surface area contributed by atoms with E-state index >= 15 is 0 Å². The molecule has 64 valence electrons. The van der Waals surface area contributed by atoms with E-state index in [0.717, 1.165) is 6.54 Å². The van der Waals surface area contributed by atoms with E-state index in [-0.39, 0.29) is 0 Å². The van der Waals surface area contributed by atoms with Gasteiger partial charge in [0.1, 0.15) is 6.26 Å². The van der Waals surface area contributed by atoms with Gasteiger partial charge in [-0.25, -0.2) is 4.98 Å². The molecule has 0 aliphatic rings. The minimum atomic E-state index is 0.855. The zero-order valence-corrected chi connectivity index (χ0v) is 6.99. The van der Waals surface area contributed by atoms with Crippen LogP contribution in [0.4, 0.5) is 0 Å². The Morgan fingerprint density at radius 3 is 2.45 bits per heavy atom. The summed E-state index contributed by atoms with van der Waals surface area (Å²) < 4.78 is 4.47. The summed E-state index contributed by atoms with van der Waals surface area (Å²) >= 11 is 0. The van der Waals surface area contributed by atoms with Crippen molar-refractivity contribution < 1.29 is 4.42 Å². The van der Waals surface area contributed by atoms with Gasteiger partial charge in [-0.15, -0.1) is 0 Å². The molecule has 2 N–H and O–H groups in total. The van der Waals surface area contributed by atoms with Crippen LogP contribution in [0.1, 0.15) is 26.2 Å². The van der Waals surface area contributed by atoms with Crippen LogP contribution in [0.5, 0.6) is 0 Å². The molecule has 0 aromatic carbocycles. The molecule has 0 bridgehead atoms. The molecule has 0 saturated carbocycles. The highest BCUT2D eigenvalue weighted by atomic mass is 16.3. The lowest BCUT2D eigenvalue weighted by molar-refractivity contribution is 0.558. The van der Waals surface area contributed by atoms with Crippen LogP contribution in [0.15, 0.2) is 23.3 Å². The number of aromatic nitrogens is 1. The molecule has 1 aromatic rings. The maximum absolute atomic E-state index is 5.21. The van der Waals surface area contributed by atoms with E-state index in [9.17, 15) is 0 Å². The van der Waals surface area contributed by atoms with Gasteiger partial charge in [0.2, 0.25) is 0 Å². The summed E-state index contributed by atoms with van der Waals surface area (Å²) in [6, 6.07) is 0. The van der Waals surface area contributed by atoms with Crippen molar-refractivity contribution in [3.8, 4) is 0 Å². The molecule has 0 spiro atoms. The number of nitrogens with zero attached hydrogens (tertiary/aromatic N) is 1. The Kier molecular flexibility index (Phi) is 8.48. The predicted octanol–water partition coefficient (Wildman–Crippen LogP) is 1.81. The van der Waals surface area contributed by atoms with Crippen LogP contribution in [0.25, 0.3) is 0 Å². The molecule has 0 fully saturated rings. The largest absolute Gasteiger partial charge is 0.452 e. The number of oxazole rings is 1. The van der Waals surface area contributed by atoms with Crippen LogP contribution >= 0.6 is 0 Å². The normalized spacial score (nSPS) is 8.55. The van der Waals surface area contributed by atoms with Gasteiger partial charge in [-0.1, -0.05) is 19.8 Å². The highest BCUT2D eigenvalue weighted by Gasteiger charge is 1.75. The van der Waals surface area contributed by atoms with Crippen molar-refractivity contribution in [3.63, 3.8) is 0 Å². The Bertz CT molecular complexity index is 107. The summed E-state index contributed by atoms with van der Waals surface area (Å²) in [5, 5.41) is 0. The van der Waals surface area contributed by atoms with E-state index in [1.165, 1.54) is 31.9 Å². The standard InChI is InChI=1S/C5H13N.C3H3NO/c1-2-3-4-5-6;1-2-5-3-4-1/h2-6H2,1H3;1-3H. The topological polar surface area (TPSA) is 52.0 Å². The fraction of sp³-hybridized carbons (Fsp3) is 0.625. The van der Waals surface area contributed by atoms with Crippen LogP contribution in [-0.2, 0) is 0 Å². The summed E-state index contributed by atoms with van der Waals surface area (Å²) in [7, 11) is 0. The Balaban J connectivity index is 0.000000183. The first-order valence-corrected chi connectivity index (χ1v) is 3.94. The van der Waals surface area contributed by atoms with E-state index in [4.69, 9.17) is 5.73 Å². The third-order valence-electron chi connectivity index (χ3n) is 1.15. The van der Waals surface area contributed by atoms with Crippen LogP contribution in [0.2, 0.25) is 0 Å². The molecule has 3 heteroatoms. The van der Waals surface area contributed by atoms with Gasteiger partial charge < -0.3 is 10.2 Å². The first-order valence-electron chi connectivity index (χ1n) is 3.94. The van der Waals surface area contributed by atoms with Gasteiger partial charge in [-0.2, -0.15) is 0 Å². The molecule has 1 heterocycles. The third-order valence-corrected chi connectivity index (χ3v) is 1.15. The zero-order chi connectivity index (χ0) is 8.36. The highest BCUT2D eigenvalue weighted by Crippen LogP contribution is 1.88. The number of unbranched alkanes of at least 4 members (excludes halogenated alkanes) is 2. The lowest BCUT2D eigenvalue weighted by Crippen LogP contribution is -1.96. The van der Waals surface area contributed by atoms with Crippen molar-refractivity contribution >= 4 is 0 Å². The number of hydrogen-bond donors (Lipinski definition) is 1. The summed E-state index contributed by atoms with van der Waals surface area (Å²) in [6.07, 6.45) is 8.23. The quantitative estimate of drug-likeness (QED) is 0.679. The van der Waals surface area contributed by atoms with Crippen LogP contribution in [0, 0.1) is 0 Å². The zero-order valence-electron chi connectivity index (χ0n) is 6.99. The number of nitrogens with two attached hydrogens (primary N) is 1. The molecule has 0 unspecified atom stereocenters. The van der Waals surface area contributed by atoms with E-state index in [2.05, 4.69) is 16.3 Å². The van der Waals surface area contributed by atoms with Crippen LogP contribution in [0.3, 0.4) is 0 Å². The molecule has 0 amide bonds. The SMILES string of the molecule is CCCCCN.c1cocn1. The third kappa shape index (κ3) is 9.17. The van der Waals surface area contributed by atoms with Crippen molar-refractivity contribution in [2.24, 2.45) is 5.73 Å². The van der Waals surface area contributed by atoms with Gasteiger partial charge in [0.15, 0.2) is 6.39 Å².